The number of rotatable bonds is 2. The largest absolute Gasteiger partial charge is 0.344 e. The van der Waals surface area contributed by atoms with Crippen molar-refractivity contribution in [1.82, 2.24) is 18.5 Å². The predicted molar refractivity (Wildman–Crippen MR) is 48.7 cm³/mol. The summed E-state index contributed by atoms with van der Waals surface area (Å²) in [6, 6.07) is 0. The summed E-state index contributed by atoms with van der Waals surface area (Å²) in [7, 11) is 0. The quantitative estimate of drug-likeness (QED) is 0.695. The monoisotopic (exact) mass is 196 g/mol. The van der Waals surface area contributed by atoms with Crippen molar-refractivity contribution >= 4 is 11.5 Å². The van der Waals surface area contributed by atoms with Gasteiger partial charge in [-0.25, -0.2) is 4.98 Å². The molecule has 0 aliphatic heterocycles. The summed E-state index contributed by atoms with van der Waals surface area (Å²) in [5.74, 6) is 0.740. The molecule has 0 aliphatic carbocycles. The standard InChI is InChI=1S/C7H8N4OS/c1-6-9-7(12)13-11(6)5-10-3-2-8-4-10/h2-4H,5H2,1H3. The fourth-order valence-electron chi connectivity index (χ4n) is 1.02. The molecule has 0 fully saturated rings. The average molecular weight is 196 g/mol. The molecule has 0 saturated heterocycles. The second kappa shape index (κ2) is 3.14. The number of imidazole rings is 1. The van der Waals surface area contributed by atoms with Crippen LogP contribution in [0.25, 0.3) is 0 Å². The molecule has 0 atom stereocenters. The number of aromatic nitrogens is 4. The molecule has 0 amide bonds. The van der Waals surface area contributed by atoms with Gasteiger partial charge in [0.25, 0.3) is 0 Å². The zero-order valence-electron chi connectivity index (χ0n) is 7.04. The average Bonchev–Trinajstić information content (AvgIpc) is 2.63. The molecule has 0 aromatic carbocycles. The molecule has 0 bridgehead atoms. The van der Waals surface area contributed by atoms with Crippen LogP contribution in [-0.2, 0) is 6.67 Å². The Bertz CT molecular complexity index is 441. The van der Waals surface area contributed by atoms with Gasteiger partial charge in [-0.3, -0.25) is 8.75 Å². The molecular weight excluding hydrogens is 188 g/mol. The van der Waals surface area contributed by atoms with Crippen LogP contribution in [0.1, 0.15) is 5.82 Å². The topological polar surface area (TPSA) is 52.7 Å². The Morgan fingerprint density at radius 1 is 1.62 bits per heavy atom. The Labute approximate surface area is 78.4 Å². The highest BCUT2D eigenvalue weighted by Gasteiger charge is 2.01. The van der Waals surface area contributed by atoms with E-state index in [9.17, 15) is 4.79 Å². The van der Waals surface area contributed by atoms with E-state index < -0.39 is 0 Å². The predicted octanol–water partition coefficient (Wildman–Crippen LogP) is 0.316. The van der Waals surface area contributed by atoms with Crippen LogP contribution in [0, 0.1) is 6.92 Å². The van der Waals surface area contributed by atoms with Gasteiger partial charge < -0.3 is 4.57 Å². The van der Waals surface area contributed by atoms with Crippen LogP contribution in [0.2, 0.25) is 0 Å². The maximum atomic E-state index is 10.9. The van der Waals surface area contributed by atoms with Crippen LogP contribution in [-0.4, -0.2) is 18.5 Å². The first kappa shape index (κ1) is 8.18. The number of aryl methyl sites for hydroxylation is 1. The molecule has 2 heterocycles. The third kappa shape index (κ3) is 1.67. The summed E-state index contributed by atoms with van der Waals surface area (Å²) >= 11 is 1.11. The minimum Gasteiger partial charge on any atom is -0.318 e. The molecule has 2 rings (SSSR count). The van der Waals surface area contributed by atoms with E-state index in [1.165, 1.54) is 0 Å². The Morgan fingerprint density at radius 2 is 2.46 bits per heavy atom. The Hall–Kier alpha value is -1.43. The van der Waals surface area contributed by atoms with Crippen molar-refractivity contribution < 1.29 is 0 Å². The Morgan fingerprint density at radius 3 is 3.00 bits per heavy atom. The smallest absolute Gasteiger partial charge is 0.318 e. The van der Waals surface area contributed by atoms with Gasteiger partial charge in [0.15, 0.2) is 0 Å². The minimum absolute atomic E-state index is 0.155. The fraction of sp³-hybridized carbons (Fsp3) is 0.286. The molecular formula is C7H8N4OS. The van der Waals surface area contributed by atoms with E-state index in [1.807, 2.05) is 21.6 Å². The molecule has 2 aromatic heterocycles. The van der Waals surface area contributed by atoms with Crippen LogP contribution < -0.4 is 4.87 Å². The first-order valence-electron chi connectivity index (χ1n) is 3.76. The molecule has 6 heteroatoms. The first-order valence-corrected chi connectivity index (χ1v) is 4.53. The van der Waals surface area contributed by atoms with Crippen molar-refractivity contribution in [2.75, 3.05) is 0 Å². The van der Waals surface area contributed by atoms with E-state index in [4.69, 9.17) is 0 Å². The van der Waals surface area contributed by atoms with Crippen LogP contribution in [0.5, 0.6) is 0 Å². The zero-order chi connectivity index (χ0) is 9.26. The van der Waals surface area contributed by atoms with Gasteiger partial charge >= 0.3 is 4.87 Å². The van der Waals surface area contributed by atoms with E-state index in [1.54, 1.807) is 12.5 Å². The van der Waals surface area contributed by atoms with Crippen molar-refractivity contribution in [3.63, 3.8) is 0 Å². The van der Waals surface area contributed by atoms with Gasteiger partial charge in [0.1, 0.15) is 12.5 Å². The molecule has 13 heavy (non-hydrogen) atoms. The van der Waals surface area contributed by atoms with Gasteiger partial charge in [-0.15, -0.1) is 0 Å². The Balaban J connectivity index is 2.28. The van der Waals surface area contributed by atoms with Crippen molar-refractivity contribution in [2.24, 2.45) is 0 Å². The second-order valence-corrected chi connectivity index (χ2v) is 3.59. The van der Waals surface area contributed by atoms with Crippen LogP contribution in [0.4, 0.5) is 0 Å². The lowest BCUT2D eigenvalue weighted by Gasteiger charge is -2.02. The van der Waals surface area contributed by atoms with Gasteiger partial charge in [0.05, 0.1) is 6.33 Å². The van der Waals surface area contributed by atoms with Crippen LogP contribution >= 0.6 is 11.5 Å². The summed E-state index contributed by atoms with van der Waals surface area (Å²) in [5.41, 5.74) is 0. The van der Waals surface area contributed by atoms with Gasteiger partial charge in [0.2, 0.25) is 0 Å². The van der Waals surface area contributed by atoms with Gasteiger partial charge in [-0.05, 0) is 6.92 Å². The lowest BCUT2D eigenvalue weighted by Crippen LogP contribution is -2.04. The molecule has 0 spiro atoms. The van der Waals surface area contributed by atoms with Crippen LogP contribution in [0.3, 0.4) is 0 Å². The highest BCUT2D eigenvalue weighted by atomic mass is 32.1. The molecule has 0 radical (unpaired) electrons. The minimum atomic E-state index is -0.155. The fourth-order valence-corrected chi connectivity index (χ4v) is 1.74. The first-order chi connectivity index (χ1) is 6.25. The lowest BCUT2D eigenvalue weighted by molar-refractivity contribution is 0.627. The van der Waals surface area contributed by atoms with Gasteiger partial charge in [0, 0.05) is 23.9 Å². The van der Waals surface area contributed by atoms with E-state index in [0.717, 1.165) is 17.4 Å². The van der Waals surface area contributed by atoms with E-state index in [-0.39, 0.29) is 4.87 Å². The summed E-state index contributed by atoms with van der Waals surface area (Å²) in [6.07, 6.45) is 5.25. The zero-order valence-corrected chi connectivity index (χ0v) is 7.86. The summed E-state index contributed by atoms with van der Waals surface area (Å²) in [5, 5.41) is 0. The highest BCUT2D eigenvalue weighted by molar-refractivity contribution is 7.03. The SMILES string of the molecule is Cc1nc(=O)sn1Cn1ccnc1. The second-order valence-electron chi connectivity index (χ2n) is 2.61. The lowest BCUT2D eigenvalue weighted by atomic mass is 10.7. The third-order valence-corrected chi connectivity index (χ3v) is 2.50. The van der Waals surface area contributed by atoms with Gasteiger partial charge in [-0.1, -0.05) is 0 Å². The van der Waals surface area contributed by atoms with E-state index >= 15 is 0 Å². The van der Waals surface area contributed by atoms with E-state index in [2.05, 4.69) is 9.97 Å². The number of hydrogen-bond acceptors (Lipinski definition) is 4. The molecule has 0 saturated carbocycles. The van der Waals surface area contributed by atoms with Crippen molar-refractivity contribution in [1.29, 1.82) is 0 Å². The molecule has 5 nitrogen and oxygen atoms in total. The molecule has 2 aromatic rings. The van der Waals surface area contributed by atoms with Gasteiger partial charge in [-0.2, -0.15) is 4.98 Å². The summed E-state index contributed by atoms with van der Waals surface area (Å²) in [4.78, 5) is 18.4. The van der Waals surface area contributed by atoms with E-state index in [0.29, 0.717) is 6.67 Å². The molecule has 0 aliphatic rings. The molecule has 0 N–H and O–H groups in total. The number of nitrogens with zero attached hydrogens (tertiary/aromatic N) is 4. The normalized spacial score (nSPS) is 10.5. The van der Waals surface area contributed by atoms with Crippen molar-refractivity contribution in [3.05, 3.63) is 34.2 Å². The maximum absolute atomic E-state index is 10.9. The number of hydrogen-bond donors (Lipinski definition) is 0. The highest BCUT2D eigenvalue weighted by Crippen LogP contribution is 1.98. The Kier molecular flexibility index (Phi) is 1.97. The van der Waals surface area contributed by atoms with Crippen molar-refractivity contribution in [3.8, 4) is 0 Å². The van der Waals surface area contributed by atoms with Crippen molar-refractivity contribution in [2.45, 2.75) is 13.6 Å². The third-order valence-electron chi connectivity index (χ3n) is 1.65. The molecule has 0 unspecified atom stereocenters. The summed E-state index contributed by atoms with van der Waals surface area (Å²) < 4.78 is 3.70. The maximum Gasteiger partial charge on any atom is 0.344 e. The molecule has 68 valence electrons. The summed E-state index contributed by atoms with van der Waals surface area (Å²) in [6.45, 7) is 2.42. The van der Waals surface area contributed by atoms with Crippen LogP contribution in [0.15, 0.2) is 23.5 Å².